The van der Waals surface area contributed by atoms with Crippen molar-refractivity contribution in [1.29, 1.82) is 0 Å². The Labute approximate surface area is 200 Å². The molecule has 0 saturated heterocycles. The van der Waals surface area contributed by atoms with Crippen LogP contribution < -0.4 is 10.6 Å². The van der Waals surface area contributed by atoms with Gasteiger partial charge in [0, 0.05) is 36.9 Å². The van der Waals surface area contributed by atoms with Crippen molar-refractivity contribution in [3.63, 3.8) is 0 Å². The van der Waals surface area contributed by atoms with Gasteiger partial charge in [0.2, 0.25) is 0 Å². The predicted octanol–water partition coefficient (Wildman–Crippen LogP) is 2.86. The molecule has 1 aromatic carbocycles. The number of hydrogen-bond acceptors (Lipinski definition) is 8. The molecule has 1 aromatic heterocycles. The standard InChI is InChI=1S/C25H25N3O5S/c1-28(2)16-10-15(25-27-6-7-34-25)21(30)19-14(16)9-12-8-11-4-5-13(24(26)32)20(29)17(11)23(33-3)18(12)22(19)31/h5-7,10-12,17,30H,4,8-9H2,1-3H3,(H2,26,32). The maximum Gasteiger partial charge on any atom is 0.252 e. The maximum atomic E-state index is 14.0. The molecular formula is C25H25N3O5S. The van der Waals surface area contributed by atoms with Crippen molar-refractivity contribution >= 4 is 34.5 Å². The van der Waals surface area contributed by atoms with Gasteiger partial charge < -0.3 is 20.5 Å². The molecule has 9 heteroatoms. The van der Waals surface area contributed by atoms with Crippen LogP contribution in [0.25, 0.3) is 10.6 Å². The van der Waals surface area contributed by atoms with Crippen LogP contribution >= 0.6 is 11.3 Å². The molecule has 0 bridgehead atoms. The Balaban J connectivity index is 1.71. The summed E-state index contributed by atoms with van der Waals surface area (Å²) in [5, 5.41) is 13.7. The summed E-state index contributed by atoms with van der Waals surface area (Å²) >= 11 is 1.38. The highest BCUT2D eigenvalue weighted by molar-refractivity contribution is 7.13. The second-order valence-corrected chi connectivity index (χ2v) is 10.0. The lowest BCUT2D eigenvalue weighted by Gasteiger charge is -2.42. The highest BCUT2D eigenvalue weighted by Gasteiger charge is 2.49. The summed E-state index contributed by atoms with van der Waals surface area (Å²) in [6.07, 6.45) is 4.92. The van der Waals surface area contributed by atoms with Gasteiger partial charge in [-0.3, -0.25) is 14.4 Å². The van der Waals surface area contributed by atoms with E-state index in [1.54, 1.807) is 12.3 Å². The summed E-state index contributed by atoms with van der Waals surface area (Å²) in [5.41, 5.74) is 8.14. The fourth-order valence-electron chi connectivity index (χ4n) is 5.70. The third-order valence-corrected chi connectivity index (χ3v) is 7.93. The summed E-state index contributed by atoms with van der Waals surface area (Å²) < 4.78 is 5.69. The molecule has 3 aliphatic carbocycles. The van der Waals surface area contributed by atoms with E-state index in [2.05, 4.69) is 4.98 Å². The maximum absolute atomic E-state index is 14.0. The van der Waals surface area contributed by atoms with Crippen LogP contribution in [0.3, 0.4) is 0 Å². The molecule has 0 aliphatic heterocycles. The number of Topliss-reactive ketones (excluding diaryl/α,β-unsaturated/α-hetero) is 2. The SMILES string of the molecule is COC1=C2C(=O)c3c(O)c(-c4nccs4)cc(N(C)C)c3CC2CC2CC=C(C(N)=O)C(=O)C12. The largest absolute Gasteiger partial charge is 0.506 e. The van der Waals surface area contributed by atoms with E-state index in [-0.39, 0.29) is 34.5 Å². The van der Waals surface area contributed by atoms with Crippen LogP contribution in [0.4, 0.5) is 5.69 Å². The Bertz CT molecular complexity index is 1290. The van der Waals surface area contributed by atoms with Crippen molar-refractivity contribution in [1.82, 2.24) is 4.98 Å². The molecule has 0 saturated carbocycles. The number of phenols is 1. The number of phenolic OH excluding ortho intramolecular Hbond substituents is 1. The quantitative estimate of drug-likeness (QED) is 0.647. The third-order valence-electron chi connectivity index (χ3n) is 7.12. The predicted molar refractivity (Wildman–Crippen MR) is 128 cm³/mol. The van der Waals surface area contributed by atoms with Gasteiger partial charge in [-0.1, -0.05) is 6.08 Å². The Morgan fingerprint density at radius 3 is 2.71 bits per heavy atom. The summed E-state index contributed by atoms with van der Waals surface area (Å²) in [7, 11) is 5.25. The number of aromatic nitrogens is 1. The number of amides is 1. The first-order chi connectivity index (χ1) is 16.2. The van der Waals surface area contributed by atoms with Crippen molar-refractivity contribution in [3.05, 3.63) is 51.8 Å². The van der Waals surface area contributed by atoms with Crippen LogP contribution in [-0.4, -0.2) is 48.8 Å². The molecular weight excluding hydrogens is 454 g/mol. The Morgan fingerprint density at radius 2 is 2.09 bits per heavy atom. The number of thiazole rings is 1. The molecule has 3 atom stereocenters. The Hall–Kier alpha value is -3.46. The van der Waals surface area contributed by atoms with Crippen LogP contribution in [-0.2, 0) is 20.7 Å². The summed E-state index contributed by atoms with van der Waals surface area (Å²) in [6, 6.07) is 1.88. The normalized spacial score (nSPS) is 23.6. The van der Waals surface area contributed by atoms with Crippen LogP contribution in [0.15, 0.2) is 40.6 Å². The summed E-state index contributed by atoms with van der Waals surface area (Å²) in [4.78, 5) is 45.2. The number of rotatable bonds is 4. The number of anilines is 1. The molecule has 0 radical (unpaired) electrons. The first-order valence-corrected chi connectivity index (χ1v) is 11.9. The zero-order valence-electron chi connectivity index (χ0n) is 19.1. The number of nitrogens with two attached hydrogens (primary N) is 1. The fourth-order valence-corrected chi connectivity index (χ4v) is 6.35. The number of carbonyl (C=O) groups excluding carboxylic acids is 3. The molecule has 2 aromatic rings. The van der Waals surface area contributed by atoms with Gasteiger partial charge in [-0.25, -0.2) is 4.98 Å². The van der Waals surface area contributed by atoms with Crippen LogP contribution in [0.2, 0.25) is 0 Å². The van der Waals surface area contributed by atoms with Crippen molar-refractivity contribution in [3.8, 4) is 16.3 Å². The van der Waals surface area contributed by atoms with Crippen LogP contribution in [0.1, 0.15) is 28.8 Å². The number of carbonyl (C=O) groups is 3. The molecule has 0 spiro atoms. The smallest absolute Gasteiger partial charge is 0.252 e. The van der Waals surface area contributed by atoms with Gasteiger partial charge in [0.05, 0.1) is 29.7 Å². The van der Waals surface area contributed by atoms with Gasteiger partial charge in [-0.2, -0.15) is 0 Å². The fraction of sp³-hybridized carbons (Fsp3) is 0.360. The zero-order valence-corrected chi connectivity index (χ0v) is 19.9. The van der Waals surface area contributed by atoms with E-state index in [4.69, 9.17) is 10.5 Å². The van der Waals surface area contributed by atoms with Gasteiger partial charge in [0.1, 0.15) is 16.5 Å². The van der Waals surface area contributed by atoms with E-state index < -0.39 is 17.6 Å². The number of methoxy groups -OCH3 is 1. The summed E-state index contributed by atoms with van der Waals surface area (Å²) in [5.74, 6) is -2.31. The van der Waals surface area contributed by atoms with Crippen molar-refractivity contribution in [2.45, 2.75) is 19.3 Å². The average Bonchev–Trinajstić information content (AvgIpc) is 3.32. The zero-order chi connectivity index (χ0) is 24.3. The van der Waals surface area contributed by atoms with Crippen molar-refractivity contribution in [2.75, 3.05) is 26.1 Å². The molecule has 3 unspecified atom stereocenters. The van der Waals surface area contributed by atoms with Crippen molar-refractivity contribution < 1.29 is 24.2 Å². The van der Waals surface area contributed by atoms with E-state index in [1.165, 1.54) is 18.4 Å². The number of primary amides is 1. The number of aromatic hydroxyl groups is 1. The number of nitrogens with zero attached hydrogens (tertiary/aromatic N) is 2. The van der Waals surface area contributed by atoms with E-state index >= 15 is 0 Å². The van der Waals surface area contributed by atoms with Crippen LogP contribution in [0.5, 0.6) is 5.75 Å². The Morgan fingerprint density at radius 1 is 1.32 bits per heavy atom. The lowest BCUT2D eigenvalue weighted by molar-refractivity contribution is -0.125. The topological polar surface area (TPSA) is 123 Å². The molecule has 3 N–H and O–H groups in total. The van der Waals surface area contributed by atoms with E-state index in [0.29, 0.717) is 41.2 Å². The number of benzene rings is 1. The first kappa shape index (κ1) is 22.3. The molecule has 34 heavy (non-hydrogen) atoms. The number of hydrogen-bond donors (Lipinski definition) is 2. The van der Waals surface area contributed by atoms with Crippen LogP contribution in [0, 0.1) is 17.8 Å². The van der Waals surface area contributed by atoms with E-state index in [0.717, 1.165) is 11.3 Å². The number of fused-ring (bicyclic) bond motifs is 3. The third kappa shape index (κ3) is 3.18. The minimum Gasteiger partial charge on any atom is -0.506 e. The van der Waals surface area contributed by atoms with Gasteiger partial charge in [0.15, 0.2) is 11.6 Å². The van der Waals surface area contributed by atoms with E-state index in [1.807, 2.05) is 30.4 Å². The van der Waals surface area contributed by atoms with Gasteiger partial charge in [-0.15, -0.1) is 11.3 Å². The molecule has 3 aliphatic rings. The molecule has 1 heterocycles. The lowest BCUT2D eigenvalue weighted by atomic mass is 9.62. The molecule has 1 amide bonds. The minimum absolute atomic E-state index is 0.0395. The molecule has 176 valence electrons. The lowest BCUT2D eigenvalue weighted by Crippen LogP contribution is -2.42. The first-order valence-electron chi connectivity index (χ1n) is 11.1. The highest BCUT2D eigenvalue weighted by atomic mass is 32.1. The minimum atomic E-state index is -0.771. The Kier molecular flexibility index (Phi) is 5.31. The van der Waals surface area contributed by atoms with Crippen molar-refractivity contribution in [2.24, 2.45) is 23.5 Å². The number of ether oxygens (including phenoxy) is 1. The highest BCUT2D eigenvalue weighted by Crippen LogP contribution is 2.52. The average molecular weight is 480 g/mol. The van der Waals surface area contributed by atoms with Gasteiger partial charge in [0.25, 0.3) is 5.91 Å². The summed E-state index contributed by atoms with van der Waals surface area (Å²) in [6.45, 7) is 0. The van der Waals surface area contributed by atoms with E-state index in [9.17, 15) is 19.5 Å². The molecule has 0 fully saturated rings. The van der Waals surface area contributed by atoms with Gasteiger partial charge in [-0.05, 0) is 42.7 Å². The number of allylic oxidation sites excluding steroid dienone is 3. The van der Waals surface area contributed by atoms with Gasteiger partial charge >= 0.3 is 0 Å². The monoisotopic (exact) mass is 479 g/mol. The number of ketones is 2. The molecule has 5 rings (SSSR count). The second kappa shape index (κ2) is 8.09. The second-order valence-electron chi connectivity index (χ2n) is 9.14. The molecule has 8 nitrogen and oxygen atoms in total.